The minimum Gasteiger partial charge on any atom is -0.306 e. The summed E-state index contributed by atoms with van der Waals surface area (Å²) < 4.78 is 0. The zero-order valence-corrected chi connectivity index (χ0v) is 18.1. The van der Waals surface area contributed by atoms with Gasteiger partial charge in [0, 0.05) is 26.5 Å². The monoisotopic (exact) mass is 448 g/mol. The van der Waals surface area contributed by atoms with E-state index in [1.807, 2.05) is 48.5 Å². The molecule has 0 saturated heterocycles. The van der Waals surface area contributed by atoms with E-state index < -0.39 is 6.03 Å². The third-order valence-corrected chi connectivity index (χ3v) is 6.96. The molecule has 0 spiro atoms. The second-order valence-corrected chi connectivity index (χ2v) is 8.82. The molecule has 0 saturated carbocycles. The van der Waals surface area contributed by atoms with Gasteiger partial charge in [-0.15, -0.1) is 0 Å². The van der Waals surface area contributed by atoms with Crippen LogP contribution in [0.3, 0.4) is 0 Å². The molecular formula is C27H16N2O3S. The average Bonchev–Trinajstić information content (AvgIpc) is 2.85. The van der Waals surface area contributed by atoms with Gasteiger partial charge in [0.05, 0.1) is 22.6 Å². The molecule has 4 aromatic rings. The lowest BCUT2D eigenvalue weighted by Gasteiger charge is -2.31. The lowest BCUT2D eigenvalue weighted by atomic mass is 9.83. The number of ketones is 2. The summed E-state index contributed by atoms with van der Waals surface area (Å²) in [6, 6.07) is 26.7. The van der Waals surface area contributed by atoms with E-state index in [9.17, 15) is 14.4 Å². The number of fused-ring (bicyclic) bond motifs is 4. The highest BCUT2D eigenvalue weighted by molar-refractivity contribution is 7.99. The Balaban J connectivity index is 1.44. The fraction of sp³-hybridized carbons (Fsp3) is 0. The molecule has 0 aromatic heterocycles. The predicted octanol–water partition coefficient (Wildman–Crippen LogP) is 6.30. The molecule has 0 radical (unpaired) electrons. The summed E-state index contributed by atoms with van der Waals surface area (Å²) in [7, 11) is 0. The van der Waals surface area contributed by atoms with Crippen molar-refractivity contribution in [3.05, 3.63) is 113 Å². The SMILES string of the molecule is O=C1c2ccccc2C(=O)c2c(NC(=O)N3c4ccccc4Sc4ccccc43)cccc21. The van der Waals surface area contributed by atoms with Crippen molar-refractivity contribution in [2.24, 2.45) is 0 Å². The van der Waals surface area contributed by atoms with Crippen LogP contribution in [0.4, 0.5) is 21.9 Å². The molecular weight excluding hydrogens is 432 g/mol. The molecule has 2 aliphatic rings. The summed E-state index contributed by atoms with van der Waals surface area (Å²) in [4.78, 5) is 43.5. The molecule has 0 atom stereocenters. The van der Waals surface area contributed by atoms with Crippen LogP contribution in [0.25, 0.3) is 0 Å². The van der Waals surface area contributed by atoms with Crippen molar-refractivity contribution in [3.8, 4) is 0 Å². The summed E-state index contributed by atoms with van der Waals surface area (Å²) >= 11 is 1.61. The number of rotatable bonds is 1. The lowest BCUT2D eigenvalue weighted by molar-refractivity contribution is 0.0979. The standard InChI is InChI=1S/C27H16N2O3S/c30-25-16-8-1-2-9-17(16)26(31)24-18(25)10-7-11-19(24)28-27(32)29-20-12-3-5-14-22(20)33-23-15-6-4-13-21(23)29/h1-15H,(H,28,32). The van der Waals surface area contributed by atoms with Gasteiger partial charge in [-0.1, -0.05) is 72.4 Å². The molecule has 5 nitrogen and oxygen atoms in total. The van der Waals surface area contributed by atoms with Crippen molar-refractivity contribution in [1.82, 2.24) is 0 Å². The Kier molecular flexibility index (Phi) is 4.41. The number of anilines is 3. The number of urea groups is 1. The van der Waals surface area contributed by atoms with Gasteiger partial charge in [0.2, 0.25) is 0 Å². The maximum Gasteiger partial charge on any atom is 0.331 e. The number of para-hydroxylation sites is 2. The number of benzene rings is 4. The molecule has 1 aliphatic carbocycles. The van der Waals surface area contributed by atoms with E-state index in [1.54, 1.807) is 59.1 Å². The molecule has 0 unspecified atom stereocenters. The number of nitrogens with zero attached hydrogens (tertiary/aromatic N) is 1. The Morgan fingerprint density at radius 3 is 1.85 bits per heavy atom. The van der Waals surface area contributed by atoms with E-state index >= 15 is 0 Å². The molecule has 1 N–H and O–H groups in total. The Morgan fingerprint density at radius 2 is 1.18 bits per heavy atom. The maximum atomic E-state index is 13.6. The van der Waals surface area contributed by atoms with Gasteiger partial charge in [-0.25, -0.2) is 4.79 Å². The lowest BCUT2D eigenvalue weighted by Crippen LogP contribution is -2.34. The quantitative estimate of drug-likeness (QED) is 0.327. The normalized spacial score (nSPS) is 13.5. The van der Waals surface area contributed by atoms with Crippen molar-refractivity contribution in [1.29, 1.82) is 0 Å². The number of nitrogens with one attached hydrogen (secondary N) is 1. The van der Waals surface area contributed by atoms with E-state index in [4.69, 9.17) is 0 Å². The summed E-state index contributed by atoms with van der Waals surface area (Å²) in [5.74, 6) is -0.493. The Bertz CT molecular complexity index is 1450. The van der Waals surface area contributed by atoms with Gasteiger partial charge in [-0.2, -0.15) is 0 Å². The highest BCUT2D eigenvalue weighted by atomic mass is 32.2. The van der Waals surface area contributed by atoms with Crippen LogP contribution in [0.5, 0.6) is 0 Å². The average molecular weight is 449 g/mol. The number of hydrogen-bond acceptors (Lipinski definition) is 4. The second-order valence-electron chi connectivity index (χ2n) is 7.74. The van der Waals surface area contributed by atoms with Gasteiger partial charge >= 0.3 is 6.03 Å². The van der Waals surface area contributed by atoms with Crippen LogP contribution in [0.2, 0.25) is 0 Å². The number of carbonyl (C=O) groups excluding carboxylic acids is 3. The molecule has 0 bridgehead atoms. The van der Waals surface area contributed by atoms with Crippen LogP contribution in [-0.2, 0) is 0 Å². The van der Waals surface area contributed by atoms with Gasteiger partial charge in [0.15, 0.2) is 11.6 Å². The number of hydrogen-bond donors (Lipinski definition) is 1. The minimum absolute atomic E-state index is 0.221. The van der Waals surface area contributed by atoms with Crippen molar-refractivity contribution < 1.29 is 14.4 Å². The molecule has 33 heavy (non-hydrogen) atoms. The van der Waals surface area contributed by atoms with Crippen LogP contribution in [0, 0.1) is 0 Å². The molecule has 2 amide bonds. The second kappa shape index (κ2) is 7.46. The van der Waals surface area contributed by atoms with Crippen molar-refractivity contribution in [2.45, 2.75) is 9.79 Å². The fourth-order valence-electron chi connectivity index (χ4n) is 4.34. The number of amides is 2. The zero-order valence-electron chi connectivity index (χ0n) is 17.2. The Morgan fingerprint density at radius 1 is 0.636 bits per heavy atom. The van der Waals surface area contributed by atoms with Gasteiger partial charge in [-0.05, 0) is 30.3 Å². The zero-order chi connectivity index (χ0) is 22.5. The predicted molar refractivity (Wildman–Crippen MR) is 128 cm³/mol. The number of carbonyl (C=O) groups is 3. The van der Waals surface area contributed by atoms with E-state index in [2.05, 4.69) is 5.32 Å². The first-order valence-corrected chi connectivity index (χ1v) is 11.2. The first-order chi connectivity index (χ1) is 16.1. The summed E-state index contributed by atoms with van der Waals surface area (Å²) in [6.07, 6.45) is 0. The molecule has 6 heteroatoms. The smallest absolute Gasteiger partial charge is 0.306 e. The third kappa shape index (κ3) is 2.99. The molecule has 0 fully saturated rings. The largest absolute Gasteiger partial charge is 0.331 e. The van der Waals surface area contributed by atoms with Gasteiger partial charge in [-0.3, -0.25) is 14.5 Å². The van der Waals surface area contributed by atoms with Gasteiger partial charge in [0.25, 0.3) is 0 Å². The highest BCUT2D eigenvalue weighted by Gasteiger charge is 2.33. The van der Waals surface area contributed by atoms with Crippen molar-refractivity contribution in [3.63, 3.8) is 0 Å². The Hall–Kier alpha value is -4.16. The highest BCUT2D eigenvalue weighted by Crippen LogP contribution is 2.48. The minimum atomic E-state index is -0.400. The maximum absolute atomic E-state index is 13.6. The van der Waals surface area contributed by atoms with E-state index in [-0.39, 0.29) is 17.1 Å². The Labute approximate surface area is 194 Å². The van der Waals surface area contributed by atoms with Crippen LogP contribution >= 0.6 is 11.8 Å². The molecule has 158 valence electrons. The van der Waals surface area contributed by atoms with Gasteiger partial charge in [0.1, 0.15) is 0 Å². The first kappa shape index (κ1) is 19.5. The van der Waals surface area contributed by atoms with Gasteiger partial charge < -0.3 is 5.32 Å². The first-order valence-electron chi connectivity index (χ1n) is 10.4. The molecule has 6 rings (SSSR count). The van der Waals surface area contributed by atoms with Crippen LogP contribution < -0.4 is 10.2 Å². The van der Waals surface area contributed by atoms with E-state index in [0.29, 0.717) is 22.4 Å². The summed E-state index contributed by atoms with van der Waals surface area (Å²) in [5, 5.41) is 2.91. The van der Waals surface area contributed by atoms with Crippen molar-refractivity contribution in [2.75, 3.05) is 10.2 Å². The third-order valence-electron chi connectivity index (χ3n) is 5.83. The molecule has 1 aliphatic heterocycles. The van der Waals surface area contributed by atoms with Crippen LogP contribution in [0.15, 0.2) is 101 Å². The fourth-order valence-corrected chi connectivity index (χ4v) is 5.40. The van der Waals surface area contributed by atoms with Crippen molar-refractivity contribution >= 4 is 46.4 Å². The summed E-state index contributed by atoms with van der Waals surface area (Å²) in [5.41, 5.74) is 3.09. The summed E-state index contributed by atoms with van der Waals surface area (Å²) in [6.45, 7) is 0. The van der Waals surface area contributed by atoms with Crippen LogP contribution in [-0.4, -0.2) is 17.6 Å². The van der Waals surface area contributed by atoms with Crippen LogP contribution in [0.1, 0.15) is 31.8 Å². The topological polar surface area (TPSA) is 66.5 Å². The van der Waals surface area contributed by atoms with E-state index in [1.165, 1.54) is 0 Å². The van der Waals surface area contributed by atoms with E-state index in [0.717, 1.165) is 21.2 Å². The molecule has 1 heterocycles. The molecule has 4 aromatic carbocycles.